The lowest BCUT2D eigenvalue weighted by Gasteiger charge is -2.34. The van der Waals surface area contributed by atoms with E-state index in [1.807, 2.05) is 7.05 Å². The van der Waals surface area contributed by atoms with Gasteiger partial charge in [-0.15, -0.1) is 0 Å². The first-order chi connectivity index (χ1) is 16.7. The fourth-order valence-electron chi connectivity index (χ4n) is 3.38. The van der Waals surface area contributed by atoms with Gasteiger partial charge in [0, 0.05) is 42.7 Å². The van der Waals surface area contributed by atoms with Crippen LogP contribution in [0.15, 0.2) is 70.2 Å². The maximum absolute atomic E-state index is 12.8. The Bertz CT molecular complexity index is 916. The van der Waals surface area contributed by atoms with Gasteiger partial charge in [-0.25, -0.2) is 13.1 Å². The van der Waals surface area contributed by atoms with E-state index in [2.05, 4.69) is 29.4 Å². The molecule has 0 spiro atoms. The Morgan fingerprint density at radius 1 is 1.17 bits per heavy atom. The molecule has 0 aliphatic carbocycles. The van der Waals surface area contributed by atoms with Crippen LogP contribution >= 0.6 is 23.2 Å². The molecule has 1 rings (SSSR count). The molecule has 0 saturated heterocycles. The number of nitrogens with two attached hydrogens (primary N) is 1. The van der Waals surface area contributed by atoms with Crippen molar-refractivity contribution in [3.05, 3.63) is 70.2 Å². The summed E-state index contributed by atoms with van der Waals surface area (Å²) in [6, 6.07) is 0. The quantitative estimate of drug-likeness (QED) is 0.200. The van der Waals surface area contributed by atoms with E-state index >= 15 is 0 Å². The number of sulfonamides is 1. The fourth-order valence-corrected chi connectivity index (χ4v) is 4.73. The van der Waals surface area contributed by atoms with Crippen LogP contribution in [0.4, 0.5) is 0 Å². The van der Waals surface area contributed by atoms with Crippen LogP contribution in [0.2, 0.25) is 0 Å². The van der Waals surface area contributed by atoms with Gasteiger partial charge >= 0.3 is 0 Å². The predicted molar refractivity (Wildman–Crippen MR) is 144 cm³/mol. The Balaban J connectivity index is 2.68. The first-order valence-corrected chi connectivity index (χ1v) is 13.5. The SMILES string of the molecule is C=C/C(=C\C(=C)[C@@H]1CN(C)CC(C(=C)Cl)=C1/C=C/Cl)S(=O)(=O)NCCOCCOCCOCCN. The Morgan fingerprint density at radius 2 is 1.77 bits per heavy atom. The van der Waals surface area contributed by atoms with Gasteiger partial charge in [-0.05, 0) is 42.0 Å². The van der Waals surface area contributed by atoms with Crippen molar-refractivity contribution in [2.24, 2.45) is 11.7 Å². The van der Waals surface area contributed by atoms with E-state index < -0.39 is 10.0 Å². The van der Waals surface area contributed by atoms with Gasteiger partial charge in [0.2, 0.25) is 10.0 Å². The van der Waals surface area contributed by atoms with Crippen LogP contribution in [-0.4, -0.2) is 86.2 Å². The molecule has 198 valence electrons. The number of likely N-dealkylation sites (N-methyl/N-ethyl adjacent to an activating group) is 1. The average Bonchev–Trinajstić information content (AvgIpc) is 2.81. The van der Waals surface area contributed by atoms with Crippen molar-refractivity contribution in [2.45, 2.75) is 0 Å². The number of ether oxygens (including phenoxy) is 3. The molecule has 0 fully saturated rings. The fraction of sp³-hybridized carbons (Fsp3) is 0.500. The summed E-state index contributed by atoms with van der Waals surface area (Å²) in [4.78, 5) is 2.07. The summed E-state index contributed by atoms with van der Waals surface area (Å²) in [5, 5.41) is 0.409. The number of nitrogens with one attached hydrogen (secondary N) is 1. The second kappa shape index (κ2) is 17.2. The molecule has 0 aromatic rings. The number of allylic oxidation sites excluding steroid dienone is 3. The highest BCUT2D eigenvalue weighted by Crippen LogP contribution is 2.34. The third-order valence-electron chi connectivity index (χ3n) is 5.05. The van der Waals surface area contributed by atoms with Gasteiger partial charge in [0.1, 0.15) is 0 Å². The van der Waals surface area contributed by atoms with Crippen molar-refractivity contribution < 1.29 is 22.6 Å². The highest BCUT2D eigenvalue weighted by atomic mass is 35.5. The smallest absolute Gasteiger partial charge is 0.240 e. The third-order valence-corrected chi connectivity index (χ3v) is 6.89. The molecule has 1 heterocycles. The molecular weight excluding hydrogens is 513 g/mol. The zero-order valence-electron chi connectivity index (χ0n) is 20.3. The maximum Gasteiger partial charge on any atom is 0.240 e. The van der Waals surface area contributed by atoms with Crippen molar-refractivity contribution >= 4 is 33.2 Å². The van der Waals surface area contributed by atoms with Gasteiger partial charge in [0.25, 0.3) is 0 Å². The Kier molecular flexibility index (Phi) is 15.6. The van der Waals surface area contributed by atoms with E-state index in [0.717, 1.165) is 11.1 Å². The molecular formula is C24H37Cl2N3O5S. The second-order valence-electron chi connectivity index (χ2n) is 7.73. The summed E-state index contributed by atoms with van der Waals surface area (Å²) in [7, 11) is -1.87. The largest absolute Gasteiger partial charge is 0.378 e. The lowest BCUT2D eigenvalue weighted by atomic mass is 9.84. The van der Waals surface area contributed by atoms with Crippen molar-refractivity contribution in [3.8, 4) is 0 Å². The summed E-state index contributed by atoms with van der Waals surface area (Å²) in [5.74, 6) is -0.219. The lowest BCUT2D eigenvalue weighted by Crippen LogP contribution is -2.35. The van der Waals surface area contributed by atoms with Gasteiger partial charge in [-0.2, -0.15) is 0 Å². The van der Waals surface area contributed by atoms with Crippen molar-refractivity contribution in [1.29, 1.82) is 0 Å². The first kappa shape index (κ1) is 31.8. The number of halogens is 2. The zero-order chi connectivity index (χ0) is 26.3. The third kappa shape index (κ3) is 11.6. The van der Waals surface area contributed by atoms with E-state index in [4.69, 9.17) is 43.1 Å². The summed E-state index contributed by atoms with van der Waals surface area (Å²) in [6.07, 6.45) is 4.54. The molecule has 0 amide bonds. The molecule has 0 saturated carbocycles. The topological polar surface area (TPSA) is 103 Å². The van der Waals surface area contributed by atoms with E-state index in [1.165, 1.54) is 17.7 Å². The molecule has 0 aromatic carbocycles. The molecule has 0 aromatic heterocycles. The molecule has 3 N–H and O–H groups in total. The lowest BCUT2D eigenvalue weighted by molar-refractivity contribution is 0.0171. The van der Waals surface area contributed by atoms with Crippen LogP contribution in [0.1, 0.15) is 0 Å². The van der Waals surface area contributed by atoms with Gasteiger partial charge < -0.3 is 24.8 Å². The Hall–Kier alpha value is -1.27. The molecule has 1 atom stereocenters. The maximum atomic E-state index is 12.8. The number of rotatable bonds is 18. The number of nitrogens with zero attached hydrogens (tertiary/aromatic N) is 1. The summed E-state index contributed by atoms with van der Waals surface area (Å²) < 4.78 is 44.1. The molecule has 1 aliphatic rings. The molecule has 0 unspecified atom stereocenters. The molecule has 11 heteroatoms. The highest BCUT2D eigenvalue weighted by molar-refractivity contribution is 7.93. The minimum absolute atomic E-state index is 0.0111. The first-order valence-electron chi connectivity index (χ1n) is 11.2. The Labute approximate surface area is 219 Å². The van der Waals surface area contributed by atoms with Gasteiger partial charge in [-0.3, -0.25) is 0 Å². The molecule has 8 nitrogen and oxygen atoms in total. The van der Waals surface area contributed by atoms with Gasteiger partial charge in [0.05, 0.1) is 44.5 Å². The van der Waals surface area contributed by atoms with Gasteiger partial charge in [0.15, 0.2) is 0 Å². The summed E-state index contributed by atoms with van der Waals surface area (Å²) in [6.45, 7) is 15.8. The van der Waals surface area contributed by atoms with Crippen LogP contribution < -0.4 is 10.5 Å². The zero-order valence-corrected chi connectivity index (χ0v) is 22.6. The predicted octanol–water partition coefficient (Wildman–Crippen LogP) is 2.90. The Morgan fingerprint density at radius 3 is 2.31 bits per heavy atom. The molecule has 0 radical (unpaired) electrons. The average molecular weight is 551 g/mol. The number of hydrogen-bond donors (Lipinski definition) is 2. The summed E-state index contributed by atoms with van der Waals surface area (Å²) >= 11 is 12.1. The molecule has 1 aliphatic heterocycles. The van der Waals surface area contributed by atoms with Crippen LogP contribution in [0.3, 0.4) is 0 Å². The van der Waals surface area contributed by atoms with Crippen LogP contribution in [0, 0.1) is 5.92 Å². The highest BCUT2D eigenvalue weighted by Gasteiger charge is 2.27. The van der Waals surface area contributed by atoms with Crippen molar-refractivity contribution in [3.63, 3.8) is 0 Å². The molecule has 35 heavy (non-hydrogen) atoms. The van der Waals surface area contributed by atoms with E-state index in [1.54, 1.807) is 6.08 Å². The summed E-state index contributed by atoms with van der Waals surface area (Å²) in [5.41, 5.74) is 9.00. The monoisotopic (exact) mass is 549 g/mol. The molecule has 0 bridgehead atoms. The normalized spacial score (nSPS) is 17.8. The minimum Gasteiger partial charge on any atom is -0.378 e. The van der Waals surface area contributed by atoms with Crippen molar-refractivity contribution in [1.82, 2.24) is 9.62 Å². The van der Waals surface area contributed by atoms with E-state index in [-0.39, 0.29) is 24.0 Å². The van der Waals surface area contributed by atoms with Gasteiger partial charge in [-0.1, -0.05) is 42.9 Å². The van der Waals surface area contributed by atoms with Crippen LogP contribution in [0.5, 0.6) is 0 Å². The van der Waals surface area contributed by atoms with E-state index in [0.29, 0.717) is 63.3 Å². The van der Waals surface area contributed by atoms with Crippen LogP contribution in [0.25, 0.3) is 0 Å². The minimum atomic E-state index is -3.81. The van der Waals surface area contributed by atoms with E-state index in [9.17, 15) is 8.42 Å². The standard InChI is InChI=1S/C24H37Cl2N3O5S/c1-5-21(35(30,31)28-9-11-33-13-15-34-14-12-32-10-8-27)16-19(2)23-17-29(4)18-24(20(3)26)22(23)6-7-25/h5-7,16,23,28H,1-3,8-15,17-18,27H2,4H3/b7-6+,21-16+/t23-/m0/s1. The second-order valence-corrected chi connectivity index (χ2v) is 10.2. The van der Waals surface area contributed by atoms with Crippen molar-refractivity contribution in [2.75, 3.05) is 72.9 Å². The number of hydrogen-bond acceptors (Lipinski definition) is 7. The van der Waals surface area contributed by atoms with Crippen LogP contribution in [-0.2, 0) is 24.2 Å².